The van der Waals surface area contributed by atoms with Crippen LogP contribution in [0.4, 0.5) is 0 Å². The minimum Gasteiger partial charge on any atom is -0.549 e. The van der Waals surface area contributed by atoms with Gasteiger partial charge in [-0.15, -0.1) is 0 Å². The Kier molecular flexibility index (Phi) is 3.81. The van der Waals surface area contributed by atoms with Crippen molar-refractivity contribution >= 4 is 13.3 Å². The topological polar surface area (TPSA) is 81.9 Å². The van der Waals surface area contributed by atoms with Crippen molar-refractivity contribution in [1.29, 1.82) is 0 Å². The highest BCUT2D eigenvalue weighted by atomic mass is 31.2. The maximum absolute atomic E-state index is 12.5. The standard InChI is InChI=1S/C13H18NO4P/c1-14(2)8-19(17,18)11-7-9-5-3-4-6-10(9)12(11)13(15)16/h3-6,11-12H,7-8H2,1-2H3,(H,15,16)(H,17,18)/t11-,12-/m0/s1. The second kappa shape index (κ2) is 5.08. The molecule has 0 saturated carbocycles. The molecule has 5 nitrogen and oxygen atoms in total. The maximum Gasteiger partial charge on any atom is 0.257 e. The smallest absolute Gasteiger partial charge is 0.257 e. The van der Waals surface area contributed by atoms with Gasteiger partial charge in [0.1, 0.15) is 0 Å². The number of nitrogens with one attached hydrogen (secondary N) is 1. The number of aliphatic carboxylic acids is 1. The number of carboxylic acid groups (broad SMARTS) is 1. The van der Waals surface area contributed by atoms with E-state index in [0.29, 0.717) is 12.0 Å². The maximum atomic E-state index is 12.5. The molecule has 0 heterocycles. The van der Waals surface area contributed by atoms with E-state index in [2.05, 4.69) is 0 Å². The molecule has 1 unspecified atom stereocenters. The van der Waals surface area contributed by atoms with E-state index in [1.165, 1.54) is 0 Å². The number of fused-ring (bicyclic) bond motifs is 1. The van der Waals surface area contributed by atoms with E-state index < -0.39 is 24.9 Å². The molecular formula is C13H18NO4P. The summed E-state index contributed by atoms with van der Waals surface area (Å²) in [6, 6.07) is 7.08. The van der Waals surface area contributed by atoms with Crippen molar-refractivity contribution in [2.45, 2.75) is 18.0 Å². The quantitative estimate of drug-likeness (QED) is 0.681. The third kappa shape index (κ3) is 2.73. The van der Waals surface area contributed by atoms with Crippen LogP contribution in [0.2, 0.25) is 0 Å². The second-order valence-electron chi connectivity index (χ2n) is 5.39. The molecule has 104 valence electrons. The Bertz CT molecular complexity index is 543. The molecule has 19 heavy (non-hydrogen) atoms. The van der Waals surface area contributed by atoms with Crippen LogP contribution < -0.4 is 10.0 Å². The first-order valence-corrected chi connectivity index (χ1v) is 8.13. The van der Waals surface area contributed by atoms with Crippen LogP contribution in [0.1, 0.15) is 17.0 Å². The molecule has 1 aromatic rings. The van der Waals surface area contributed by atoms with Gasteiger partial charge < -0.3 is 19.7 Å². The normalized spacial score (nSPS) is 25.1. The zero-order valence-electron chi connectivity index (χ0n) is 11.0. The summed E-state index contributed by atoms with van der Waals surface area (Å²) in [5.41, 5.74) is 0.685. The van der Waals surface area contributed by atoms with E-state index in [9.17, 15) is 19.4 Å². The molecule has 0 amide bonds. The molecule has 3 atom stereocenters. The molecule has 0 aliphatic heterocycles. The van der Waals surface area contributed by atoms with Crippen molar-refractivity contribution in [3.63, 3.8) is 0 Å². The molecule has 1 aromatic carbocycles. The average Bonchev–Trinajstić information content (AvgIpc) is 2.67. The van der Waals surface area contributed by atoms with E-state index in [1.54, 1.807) is 26.2 Å². The summed E-state index contributed by atoms with van der Waals surface area (Å²) in [5, 5.41) is 11.4. The molecule has 0 saturated heterocycles. The van der Waals surface area contributed by atoms with Crippen molar-refractivity contribution in [2.75, 3.05) is 20.4 Å². The van der Waals surface area contributed by atoms with Crippen LogP contribution >= 0.6 is 7.37 Å². The van der Waals surface area contributed by atoms with Gasteiger partial charge >= 0.3 is 0 Å². The number of carbonyl (C=O) groups excluding carboxylic acids is 1. The van der Waals surface area contributed by atoms with Crippen LogP contribution in [0.3, 0.4) is 0 Å². The van der Waals surface area contributed by atoms with Gasteiger partial charge in [-0.2, -0.15) is 0 Å². The number of benzene rings is 1. The molecule has 2 N–H and O–H groups in total. The lowest BCUT2D eigenvalue weighted by Gasteiger charge is -2.26. The molecule has 6 heteroatoms. The molecule has 0 fully saturated rings. The number of hydrogen-bond donors (Lipinski definition) is 2. The molecule has 0 spiro atoms. The summed E-state index contributed by atoms with van der Waals surface area (Å²) in [5.74, 6) is -2.25. The molecule has 1 aliphatic carbocycles. The van der Waals surface area contributed by atoms with Crippen molar-refractivity contribution in [1.82, 2.24) is 0 Å². The Labute approximate surface area is 112 Å². The Morgan fingerprint density at radius 1 is 1.47 bits per heavy atom. The van der Waals surface area contributed by atoms with Crippen LogP contribution in [0.25, 0.3) is 0 Å². The predicted octanol–water partition coefficient (Wildman–Crippen LogP) is -1.18. The van der Waals surface area contributed by atoms with Gasteiger partial charge in [0, 0.05) is 11.9 Å². The Morgan fingerprint density at radius 2 is 2.11 bits per heavy atom. The first-order chi connectivity index (χ1) is 8.83. The van der Waals surface area contributed by atoms with Gasteiger partial charge in [-0.25, -0.2) is 0 Å². The molecule has 2 rings (SSSR count). The number of carboxylic acids is 1. The van der Waals surface area contributed by atoms with Gasteiger partial charge in [0.15, 0.2) is 6.29 Å². The minimum atomic E-state index is -3.55. The SMILES string of the molecule is C[NH+](C)CP(=O)(O)[C@H]1Cc2ccccc2[C@@H]1C(=O)[O-]. The molecule has 0 bridgehead atoms. The number of quaternary nitrogens is 1. The highest BCUT2D eigenvalue weighted by Gasteiger charge is 2.45. The Balaban J connectivity index is 2.39. The van der Waals surface area contributed by atoms with E-state index in [0.717, 1.165) is 10.5 Å². The fourth-order valence-corrected chi connectivity index (χ4v) is 5.17. The summed E-state index contributed by atoms with van der Waals surface area (Å²) >= 11 is 0. The van der Waals surface area contributed by atoms with Crippen LogP contribution in [-0.4, -0.2) is 36.9 Å². The fraction of sp³-hybridized carbons (Fsp3) is 0.462. The second-order valence-corrected chi connectivity index (χ2v) is 7.88. The van der Waals surface area contributed by atoms with E-state index in [4.69, 9.17) is 0 Å². The van der Waals surface area contributed by atoms with Crippen LogP contribution in [-0.2, 0) is 15.8 Å². The average molecular weight is 283 g/mol. The van der Waals surface area contributed by atoms with E-state index in [-0.39, 0.29) is 6.29 Å². The molecule has 1 aliphatic rings. The molecular weight excluding hydrogens is 265 g/mol. The Morgan fingerprint density at radius 3 is 2.68 bits per heavy atom. The molecule has 0 aromatic heterocycles. The Hall–Kier alpha value is -1.16. The lowest BCUT2D eigenvalue weighted by Crippen LogP contribution is -3.05. The summed E-state index contributed by atoms with van der Waals surface area (Å²) < 4.78 is 12.5. The van der Waals surface area contributed by atoms with Gasteiger partial charge in [-0.05, 0) is 17.5 Å². The van der Waals surface area contributed by atoms with Crippen molar-refractivity contribution in [2.24, 2.45) is 0 Å². The zero-order chi connectivity index (χ0) is 14.2. The van der Waals surface area contributed by atoms with Gasteiger partial charge in [-0.1, -0.05) is 24.3 Å². The largest absolute Gasteiger partial charge is 0.549 e. The number of carbonyl (C=O) groups is 1. The predicted molar refractivity (Wildman–Crippen MR) is 69.2 cm³/mol. The fourth-order valence-electron chi connectivity index (χ4n) is 2.80. The first kappa shape index (κ1) is 14.3. The minimum absolute atomic E-state index is 0.0649. The lowest BCUT2D eigenvalue weighted by molar-refractivity contribution is -0.846. The third-order valence-corrected chi connectivity index (χ3v) is 6.12. The van der Waals surface area contributed by atoms with Gasteiger partial charge in [0.05, 0.1) is 19.8 Å². The van der Waals surface area contributed by atoms with Crippen LogP contribution in [0, 0.1) is 0 Å². The van der Waals surface area contributed by atoms with Gasteiger partial charge in [0.25, 0.3) is 7.37 Å². The summed E-state index contributed by atoms with van der Waals surface area (Å²) in [7, 11) is 0.00661. The number of rotatable bonds is 4. The summed E-state index contributed by atoms with van der Waals surface area (Å²) in [4.78, 5) is 22.4. The van der Waals surface area contributed by atoms with Gasteiger partial charge in [-0.3, -0.25) is 4.57 Å². The highest BCUT2D eigenvalue weighted by Crippen LogP contribution is 2.55. The van der Waals surface area contributed by atoms with Gasteiger partial charge in [0.2, 0.25) is 0 Å². The summed E-state index contributed by atoms with van der Waals surface area (Å²) in [6.07, 6.45) is 0.394. The van der Waals surface area contributed by atoms with Crippen molar-refractivity contribution in [3.05, 3.63) is 35.4 Å². The van der Waals surface area contributed by atoms with E-state index >= 15 is 0 Å². The highest BCUT2D eigenvalue weighted by molar-refractivity contribution is 7.58. The third-order valence-electron chi connectivity index (χ3n) is 3.52. The first-order valence-electron chi connectivity index (χ1n) is 6.22. The van der Waals surface area contributed by atoms with E-state index in [1.807, 2.05) is 12.1 Å². The molecule has 0 radical (unpaired) electrons. The monoisotopic (exact) mass is 283 g/mol. The zero-order valence-corrected chi connectivity index (χ0v) is 11.9. The number of hydrogen-bond acceptors (Lipinski definition) is 3. The lowest BCUT2D eigenvalue weighted by atomic mass is 10.0. The van der Waals surface area contributed by atoms with Crippen LogP contribution in [0.5, 0.6) is 0 Å². The summed E-state index contributed by atoms with van der Waals surface area (Å²) in [6.45, 7) is 0. The van der Waals surface area contributed by atoms with Crippen molar-refractivity contribution < 1.29 is 24.3 Å². The van der Waals surface area contributed by atoms with Crippen molar-refractivity contribution in [3.8, 4) is 0 Å². The van der Waals surface area contributed by atoms with Crippen LogP contribution in [0.15, 0.2) is 24.3 Å².